The van der Waals surface area contributed by atoms with E-state index in [9.17, 15) is 0 Å². The number of hydrogen-bond donors (Lipinski definition) is 2. The van der Waals surface area contributed by atoms with Crippen molar-refractivity contribution >= 4 is 39.6 Å². The van der Waals surface area contributed by atoms with Crippen LogP contribution >= 0.6 is 12.2 Å². The third-order valence-corrected chi connectivity index (χ3v) is 3.43. The van der Waals surface area contributed by atoms with Crippen LogP contribution in [0, 0.1) is 0 Å². The molecule has 0 unspecified atom stereocenters. The second kappa shape index (κ2) is 5.49. The lowest BCUT2D eigenvalue weighted by Gasteiger charge is -2.10. The van der Waals surface area contributed by atoms with Gasteiger partial charge in [0.25, 0.3) is 0 Å². The van der Waals surface area contributed by atoms with Crippen molar-refractivity contribution in [3.05, 3.63) is 48.3 Å². The van der Waals surface area contributed by atoms with Gasteiger partial charge in [-0.05, 0) is 19.1 Å². The molecule has 106 valence electrons. The Kier molecular flexibility index (Phi) is 3.53. The van der Waals surface area contributed by atoms with Crippen LogP contribution in [0.25, 0.3) is 10.9 Å². The lowest BCUT2D eigenvalue weighted by Crippen LogP contribution is -2.13. The summed E-state index contributed by atoms with van der Waals surface area (Å²) in [6.07, 6.45) is 3.67. The SMILES string of the molecule is CCn1cc(Nc2nc3ccccc3cc2C(N)=S)cn1. The van der Waals surface area contributed by atoms with Gasteiger partial charge in [-0.3, -0.25) is 4.68 Å². The fraction of sp³-hybridized carbons (Fsp3) is 0.133. The van der Waals surface area contributed by atoms with Crippen molar-refractivity contribution in [1.29, 1.82) is 0 Å². The van der Waals surface area contributed by atoms with Gasteiger partial charge in [0.15, 0.2) is 0 Å². The molecule has 0 saturated heterocycles. The third-order valence-electron chi connectivity index (χ3n) is 3.21. The molecule has 3 rings (SSSR count). The molecule has 0 bridgehead atoms. The molecule has 6 heteroatoms. The van der Waals surface area contributed by atoms with Crippen molar-refractivity contribution in [1.82, 2.24) is 14.8 Å². The van der Waals surface area contributed by atoms with Gasteiger partial charge in [0.05, 0.1) is 23.0 Å². The largest absolute Gasteiger partial charge is 0.389 e. The number of para-hydroxylation sites is 1. The number of nitrogens with two attached hydrogens (primary N) is 1. The lowest BCUT2D eigenvalue weighted by molar-refractivity contribution is 0.660. The van der Waals surface area contributed by atoms with Crippen molar-refractivity contribution in [2.45, 2.75) is 13.5 Å². The molecule has 0 aliphatic heterocycles. The zero-order valence-corrected chi connectivity index (χ0v) is 12.4. The smallest absolute Gasteiger partial charge is 0.141 e. The van der Waals surface area contributed by atoms with E-state index in [4.69, 9.17) is 18.0 Å². The van der Waals surface area contributed by atoms with Gasteiger partial charge >= 0.3 is 0 Å². The molecule has 5 nitrogen and oxygen atoms in total. The first-order valence-corrected chi connectivity index (χ1v) is 7.07. The van der Waals surface area contributed by atoms with E-state index >= 15 is 0 Å². The minimum Gasteiger partial charge on any atom is -0.389 e. The minimum absolute atomic E-state index is 0.318. The van der Waals surface area contributed by atoms with E-state index < -0.39 is 0 Å². The number of aryl methyl sites for hydroxylation is 1. The number of nitrogens with one attached hydrogen (secondary N) is 1. The Morgan fingerprint density at radius 1 is 1.38 bits per heavy atom. The summed E-state index contributed by atoms with van der Waals surface area (Å²) in [5.74, 6) is 0.650. The van der Waals surface area contributed by atoms with E-state index in [0.29, 0.717) is 10.8 Å². The summed E-state index contributed by atoms with van der Waals surface area (Å²) < 4.78 is 1.84. The molecule has 3 N–H and O–H groups in total. The number of benzene rings is 1. The molecule has 0 saturated carbocycles. The van der Waals surface area contributed by atoms with Crippen LogP contribution in [0.5, 0.6) is 0 Å². The summed E-state index contributed by atoms with van der Waals surface area (Å²) in [4.78, 5) is 4.93. The zero-order valence-electron chi connectivity index (χ0n) is 11.6. The molecule has 1 aromatic carbocycles. The molecule has 0 fully saturated rings. The predicted molar refractivity (Wildman–Crippen MR) is 88.8 cm³/mol. The highest BCUT2D eigenvalue weighted by Gasteiger charge is 2.10. The second-order valence-electron chi connectivity index (χ2n) is 4.65. The van der Waals surface area contributed by atoms with E-state index in [1.807, 2.05) is 48.1 Å². The van der Waals surface area contributed by atoms with Crippen LogP contribution < -0.4 is 11.1 Å². The molecule has 0 atom stereocenters. The van der Waals surface area contributed by atoms with Crippen LogP contribution in [0.3, 0.4) is 0 Å². The Morgan fingerprint density at radius 3 is 2.90 bits per heavy atom. The summed E-state index contributed by atoms with van der Waals surface area (Å²) in [6.45, 7) is 2.85. The molecule has 0 amide bonds. The van der Waals surface area contributed by atoms with Crippen molar-refractivity contribution in [2.75, 3.05) is 5.32 Å². The first-order chi connectivity index (χ1) is 10.2. The second-order valence-corrected chi connectivity index (χ2v) is 5.09. The van der Waals surface area contributed by atoms with Crippen molar-refractivity contribution in [2.24, 2.45) is 5.73 Å². The molecule has 0 aliphatic rings. The average Bonchev–Trinajstić information content (AvgIpc) is 2.94. The van der Waals surface area contributed by atoms with Crippen LogP contribution in [0.1, 0.15) is 12.5 Å². The number of aromatic nitrogens is 3. The molecule has 3 aromatic rings. The number of fused-ring (bicyclic) bond motifs is 1. The van der Waals surface area contributed by atoms with E-state index in [2.05, 4.69) is 15.4 Å². The van der Waals surface area contributed by atoms with Gasteiger partial charge < -0.3 is 11.1 Å². The van der Waals surface area contributed by atoms with Crippen LogP contribution in [0.2, 0.25) is 0 Å². The quantitative estimate of drug-likeness (QED) is 0.725. The third kappa shape index (κ3) is 2.71. The van der Waals surface area contributed by atoms with Crippen LogP contribution in [0.15, 0.2) is 42.7 Å². The van der Waals surface area contributed by atoms with Gasteiger partial charge in [-0.1, -0.05) is 30.4 Å². The summed E-state index contributed by atoms with van der Waals surface area (Å²) >= 11 is 5.13. The van der Waals surface area contributed by atoms with Crippen molar-refractivity contribution in [3.8, 4) is 0 Å². The van der Waals surface area contributed by atoms with Gasteiger partial charge in [0.2, 0.25) is 0 Å². The summed E-state index contributed by atoms with van der Waals surface area (Å²) in [5, 5.41) is 8.48. The van der Waals surface area contributed by atoms with Gasteiger partial charge in [-0.15, -0.1) is 0 Å². The van der Waals surface area contributed by atoms with E-state index in [-0.39, 0.29) is 0 Å². The fourth-order valence-electron chi connectivity index (χ4n) is 2.14. The Balaban J connectivity index is 2.06. The minimum atomic E-state index is 0.318. The standard InChI is InChI=1S/C15H15N5S/c1-2-20-9-11(8-17-20)18-15-12(14(16)21)7-10-5-3-4-6-13(10)19-15/h3-9H,2H2,1H3,(H2,16,21)(H,18,19). The first kappa shape index (κ1) is 13.5. The first-order valence-electron chi connectivity index (χ1n) is 6.66. The van der Waals surface area contributed by atoms with Gasteiger partial charge in [-0.2, -0.15) is 5.10 Å². The Hall–Kier alpha value is -2.47. The van der Waals surface area contributed by atoms with E-state index in [1.54, 1.807) is 6.20 Å². The maximum absolute atomic E-state index is 5.82. The predicted octanol–water partition coefficient (Wildman–Crippen LogP) is 2.83. The summed E-state index contributed by atoms with van der Waals surface area (Å²) in [7, 11) is 0. The number of rotatable bonds is 4. The normalized spacial score (nSPS) is 10.7. The molecule has 0 spiro atoms. The lowest BCUT2D eigenvalue weighted by atomic mass is 10.1. The highest BCUT2D eigenvalue weighted by Crippen LogP contribution is 2.23. The number of pyridine rings is 1. The number of hydrogen-bond acceptors (Lipinski definition) is 4. The van der Waals surface area contributed by atoms with Crippen molar-refractivity contribution in [3.63, 3.8) is 0 Å². The van der Waals surface area contributed by atoms with E-state index in [1.165, 1.54) is 0 Å². The zero-order chi connectivity index (χ0) is 14.8. The summed E-state index contributed by atoms with van der Waals surface area (Å²) in [5.41, 5.74) is 8.30. The molecular formula is C15H15N5S. The van der Waals surface area contributed by atoms with Gasteiger partial charge in [0, 0.05) is 18.1 Å². The molecule has 2 aromatic heterocycles. The molecular weight excluding hydrogens is 282 g/mol. The average molecular weight is 297 g/mol. The molecule has 0 radical (unpaired) electrons. The number of nitrogens with zero attached hydrogens (tertiary/aromatic N) is 3. The Morgan fingerprint density at radius 2 is 2.19 bits per heavy atom. The topological polar surface area (TPSA) is 68.8 Å². The monoisotopic (exact) mass is 297 g/mol. The van der Waals surface area contributed by atoms with Crippen LogP contribution in [-0.2, 0) is 6.54 Å². The van der Waals surface area contributed by atoms with Crippen LogP contribution in [-0.4, -0.2) is 19.8 Å². The maximum atomic E-state index is 5.82. The summed E-state index contributed by atoms with van der Waals surface area (Å²) in [6, 6.07) is 9.82. The fourth-order valence-corrected chi connectivity index (χ4v) is 2.29. The highest BCUT2D eigenvalue weighted by atomic mass is 32.1. The number of anilines is 2. The van der Waals surface area contributed by atoms with E-state index in [0.717, 1.165) is 28.7 Å². The Bertz CT molecular complexity index is 809. The maximum Gasteiger partial charge on any atom is 0.141 e. The molecule has 2 heterocycles. The molecule has 0 aliphatic carbocycles. The number of thiocarbonyl (C=S) groups is 1. The van der Waals surface area contributed by atoms with Crippen molar-refractivity contribution < 1.29 is 0 Å². The van der Waals surface area contributed by atoms with Crippen LogP contribution in [0.4, 0.5) is 11.5 Å². The van der Waals surface area contributed by atoms with Gasteiger partial charge in [0.1, 0.15) is 10.8 Å². The van der Waals surface area contributed by atoms with Gasteiger partial charge in [-0.25, -0.2) is 4.98 Å². The highest BCUT2D eigenvalue weighted by molar-refractivity contribution is 7.80. The molecule has 21 heavy (non-hydrogen) atoms. The Labute approximate surface area is 127 Å².